The SMILES string of the molecule is C[N+]12CC(CC#N)CNC1C(C(=O)NC1CNCCC1O[C@H]1CCNC1)C(N)N2. The Kier molecular flexibility index (Phi) is 6.36. The molecule has 4 aliphatic rings. The van der Waals surface area contributed by atoms with Crippen LogP contribution in [0.2, 0.25) is 0 Å². The highest BCUT2D eigenvalue weighted by Gasteiger charge is 2.56. The van der Waals surface area contributed by atoms with E-state index in [0.717, 1.165) is 45.6 Å². The van der Waals surface area contributed by atoms with Gasteiger partial charge in [-0.3, -0.25) is 10.1 Å². The highest BCUT2D eigenvalue weighted by atomic mass is 16.5. The molecule has 4 fully saturated rings. The molecule has 4 rings (SSSR count). The first-order valence-corrected chi connectivity index (χ1v) is 10.9. The molecule has 0 aromatic heterocycles. The maximum Gasteiger partial charge on any atom is 0.234 e. The van der Waals surface area contributed by atoms with Crippen LogP contribution in [-0.4, -0.2) is 87.4 Å². The van der Waals surface area contributed by atoms with Crippen LogP contribution in [0.1, 0.15) is 19.3 Å². The molecule has 0 aromatic rings. The number of hydrogen-bond acceptors (Lipinski definition) is 8. The fourth-order valence-electron chi connectivity index (χ4n) is 5.42. The van der Waals surface area contributed by atoms with Crippen LogP contribution in [0, 0.1) is 23.2 Å². The van der Waals surface area contributed by atoms with Gasteiger partial charge in [-0.25, -0.2) is 4.59 Å². The molecular formula is C19H35N8O2+. The monoisotopic (exact) mass is 407 g/mol. The average Bonchev–Trinajstić information content (AvgIpc) is 3.27. The number of rotatable bonds is 5. The van der Waals surface area contributed by atoms with Crippen molar-refractivity contribution in [2.45, 2.75) is 49.8 Å². The molecule has 1 amide bonds. The number of nitrogens with zero attached hydrogens (tertiary/aromatic N) is 2. The zero-order valence-corrected chi connectivity index (χ0v) is 17.2. The lowest BCUT2D eigenvalue weighted by molar-refractivity contribution is -0.973. The maximum atomic E-state index is 13.3. The third-order valence-electron chi connectivity index (χ3n) is 6.85. The molecule has 162 valence electrons. The molecule has 0 aromatic carbocycles. The maximum absolute atomic E-state index is 13.3. The van der Waals surface area contributed by atoms with E-state index in [4.69, 9.17) is 15.7 Å². The summed E-state index contributed by atoms with van der Waals surface area (Å²) < 4.78 is 6.78. The van der Waals surface area contributed by atoms with Crippen LogP contribution in [0.25, 0.3) is 0 Å². The first kappa shape index (κ1) is 20.9. The Balaban J connectivity index is 1.40. The van der Waals surface area contributed by atoms with E-state index in [1.165, 1.54) is 0 Å². The minimum atomic E-state index is -0.437. The fourth-order valence-corrected chi connectivity index (χ4v) is 5.42. The average molecular weight is 408 g/mol. The van der Waals surface area contributed by atoms with Crippen molar-refractivity contribution in [2.24, 2.45) is 17.6 Å². The standard InChI is InChI=1S/C19H34N8O2/c1-27-11-12(2-5-20)8-24-18(27)16(17(21)26-27)19(28)25-14-10-23-7-4-15(14)29-13-3-6-22-9-13/h12-18,22-24,26H,2-4,6-11,21H2,1H3/p+1/t12?,13-,14?,15?,16?,17?,18?,27?/m0/s1. The number of ether oxygens (including phenoxy) is 1. The quantitative estimate of drug-likeness (QED) is 0.276. The zero-order chi connectivity index (χ0) is 20.4. The van der Waals surface area contributed by atoms with Crippen molar-refractivity contribution in [1.29, 1.82) is 5.26 Å². The number of nitriles is 1. The molecule has 4 saturated heterocycles. The summed E-state index contributed by atoms with van der Waals surface area (Å²) in [4.78, 5) is 13.3. The van der Waals surface area contributed by atoms with Gasteiger partial charge in [-0.1, -0.05) is 0 Å². The van der Waals surface area contributed by atoms with Crippen molar-refractivity contribution in [2.75, 3.05) is 46.3 Å². The van der Waals surface area contributed by atoms with Gasteiger partial charge in [0, 0.05) is 32.0 Å². The van der Waals surface area contributed by atoms with E-state index in [1.54, 1.807) is 0 Å². The first-order chi connectivity index (χ1) is 14.0. The molecule has 0 radical (unpaired) electrons. The van der Waals surface area contributed by atoms with Gasteiger partial charge in [0.15, 0.2) is 6.17 Å². The minimum Gasteiger partial charge on any atom is -0.371 e. The molecule has 4 aliphatic heterocycles. The van der Waals surface area contributed by atoms with Crippen molar-refractivity contribution < 1.29 is 14.1 Å². The Hall–Kier alpha value is -1.32. The van der Waals surface area contributed by atoms with Gasteiger partial charge in [-0.05, 0) is 25.9 Å². The van der Waals surface area contributed by atoms with Crippen LogP contribution in [0.4, 0.5) is 0 Å². The topological polar surface area (TPSA) is 136 Å². The Morgan fingerprint density at radius 3 is 2.83 bits per heavy atom. The number of quaternary nitrogens is 1. The van der Waals surface area contributed by atoms with Gasteiger partial charge in [0.25, 0.3) is 0 Å². The fraction of sp³-hybridized carbons (Fsp3) is 0.895. The predicted octanol–water partition coefficient (Wildman–Crippen LogP) is -2.46. The molecule has 7 unspecified atom stereocenters. The number of fused-ring (bicyclic) bond motifs is 1. The summed E-state index contributed by atoms with van der Waals surface area (Å²) in [6.07, 6.45) is 2.13. The van der Waals surface area contributed by atoms with Crippen molar-refractivity contribution in [3.8, 4) is 6.07 Å². The normalized spacial score (nSPS) is 44.8. The highest BCUT2D eigenvalue weighted by molar-refractivity contribution is 5.80. The molecule has 7 N–H and O–H groups in total. The molecule has 0 spiro atoms. The molecule has 10 nitrogen and oxygen atoms in total. The van der Waals surface area contributed by atoms with E-state index in [2.05, 4.69) is 39.8 Å². The Bertz CT molecular complexity index is 636. The summed E-state index contributed by atoms with van der Waals surface area (Å²) in [6, 6.07) is 2.20. The largest absolute Gasteiger partial charge is 0.371 e. The number of amides is 1. The van der Waals surface area contributed by atoms with Gasteiger partial charge in [0.2, 0.25) is 5.91 Å². The minimum absolute atomic E-state index is 0.0240. The Labute approximate surface area is 172 Å². The third kappa shape index (κ3) is 4.41. The second kappa shape index (κ2) is 8.81. The van der Waals surface area contributed by atoms with Gasteiger partial charge in [0.1, 0.15) is 18.6 Å². The van der Waals surface area contributed by atoms with E-state index < -0.39 is 6.17 Å². The summed E-state index contributed by atoms with van der Waals surface area (Å²) in [5.74, 6) is -0.156. The molecule has 0 aliphatic carbocycles. The molecule has 0 bridgehead atoms. The van der Waals surface area contributed by atoms with Gasteiger partial charge >= 0.3 is 0 Å². The van der Waals surface area contributed by atoms with Crippen LogP contribution in [-0.2, 0) is 9.53 Å². The van der Waals surface area contributed by atoms with Crippen LogP contribution in [0.15, 0.2) is 0 Å². The van der Waals surface area contributed by atoms with Crippen molar-refractivity contribution in [3.05, 3.63) is 0 Å². The van der Waals surface area contributed by atoms with E-state index in [-0.39, 0.29) is 42.2 Å². The van der Waals surface area contributed by atoms with E-state index in [0.29, 0.717) is 17.6 Å². The molecule has 8 atom stereocenters. The summed E-state index contributed by atoms with van der Waals surface area (Å²) in [5.41, 5.74) is 9.75. The van der Waals surface area contributed by atoms with Crippen molar-refractivity contribution >= 4 is 5.91 Å². The molecular weight excluding hydrogens is 372 g/mol. The lowest BCUT2D eigenvalue weighted by Crippen LogP contribution is -2.68. The summed E-state index contributed by atoms with van der Waals surface area (Å²) >= 11 is 0. The van der Waals surface area contributed by atoms with Gasteiger partial charge < -0.3 is 26.4 Å². The van der Waals surface area contributed by atoms with Crippen LogP contribution < -0.4 is 32.4 Å². The highest BCUT2D eigenvalue weighted by Crippen LogP contribution is 2.30. The molecule has 4 heterocycles. The molecule has 10 heteroatoms. The van der Waals surface area contributed by atoms with Crippen molar-refractivity contribution in [3.63, 3.8) is 0 Å². The molecule has 0 saturated carbocycles. The van der Waals surface area contributed by atoms with Crippen molar-refractivity contribution in [1.82, 2.24) is 26.7 Å². The second-order valence-electron chi connectivity index (χ2n) is 9.11. The molecule has 29 heavy (non-hydrogen) atoms. The second-order valence-corrected chi connectivity index (χ2v) is 9.11. The lowest BCUT2D eigenvalue weighted by atomic mass is 9.95. The van der Waals surface area contributed by atoms with Crippen LogP contribution in [0.5, 0.6) is 0 Å². The van der Waals surface area contributed by atoms with Crippen LogP contribution >= 0.6 is 0 Å². The predicted molar refractivity (Wildman–Crippen MR) is 107 cm³/mol. The van der Waals surface area contributed by atoms with E-state index in [9.17, 15) is 4.79 Å². The van der Waals surface area contributed by atoms with E-state index >= 15 is 0 Å². The Morgan fingerprint density at radius 1 is 1.28 bits per heavy atom. The smallest absolute Gasteiger partial charge is 0.234 e. The number of carbonyl (C=O) groups excluding carboxylic acids is 1. The third-order valence-corrected chi connectivity index (χ3v) is 6.85. The van der Waals surface area contributed by atoms with Gasteiger partial charge in [-0.2, -0.15) is 5.26 Å². The summed E-state index contributed by atoms with van der Waals surface area (Å²) in [5, 5.41) is 22.5. The Morgan fingerprint density at radius 2 is 2.07 bits per heavy atom. The van der Waals surface area contributed by atoms with Gasteiger partial charge in [-0.15, -0.1) is 5.43 Å². The summed E-state index contributed by atoms with van der Waals surface area (Å²) in [6.45, 7) is 5.00. The lowest BCUT2D eigenvalue weighted by Gasteiger charge is -2.42. The number of nitrogens with two attached hydrogens (primary N) is 1. The van der Waals surface area contributed by atoms with Crippen LogP contribution in [0.3, 0.4) is 0 Å². The first-order valence-electron chi connectivity index (χ1n) is 10.9. The number of carbonyl (C=O) groups is 1. The van der Waals surface area contributed by atoms with Gasteiger partial charge in [0.05, 0.1) is 31.4 Å². The number of nitrogens with one attached hydrogen (secondary N) is 5. The number of piperidine rings is 1. The summed E-state index contributed by atoms with van der Waals surface area (Å²) in [7, 11) is 2.05. The number of hydrogen-bond donors (Lipinski definition) is 6. The zero-order valence-electron chi connectivity index (χ0n) is 17.2. The van der Waals surface area contributed by atoms with E-state index in [1.807, 2.05) is 0 Å².